The summed E-state index contributed by atoms with van der Waals surface area (Å²) in [7, 11) is 3.17. The number of benzene rings is 1. The first-order valence-electron chi connectivity index (χ1n) is 4.32. The summed E-state index contributed by atoms with van der Waals surface area (Å²) in [5.41, 5.74) is 1.02. The second-order valence-corrected chi connectivity index (χ2v) is 2.79. The predicted molar refractivity (Wildman–Crippen MR) is 53.9 cm³/mol. The first-order valence-corrected chi connectivity index (χ1v) is 4.32. The summed E-state index contributed by atoms with van der Waals surface area (Å²) < 4.78 is 10.2. The van der Waals surface area contributed by atoms with E-state index in [1.54, 1.807) is 14.2 Å². The molecule has 0 heterocycles. The first-order chi connectivity index (χ1) is 6.81. The maximum absolute atomic E-state index is 9.95. The van der Waals surface area contributed by atoms with Gasteiger partial charge in [-0.25, -0.2) is 0 Å². The first kappa shape index (κ1) is 10.5. The molecule has 4 heteroatoms. The van der Waals surface area contributed by atoms with E-state index in [1.807, 2.05) is 18.2 Å². The fourth-order valence-corrected chi connectivity index (χ4v) is 1.21. The van der Waals surface area contributed by atoms with Crippen LogP contribution in [0.25, 0.3) is 0 Å². The van der Waals surface area contributed by atoms with E-state index in [9.17, 15) is 4.91 Å². The fourth-order valence-electron chi connectivity index (χ4n) is 1.21. The standard InChI is InChI=1S/C10H13NO3/c1-13-9-4-3-8(5-6-11-12)7-10(9)14-2/h3-4,7H,5-6H2,1-2H3. The molecular formula is C10H13NO3. The summed E-state index contributed by atoms with van der Waals surface area (Å²) in [6, 6.07) is 5.56. The van der Waals surface area contributed by atoms with E-state index >= 15 is 0 Å². The lowest BCUT2D eigenvalue weighted by atomic mass is 10.1. The quantitative estimate of drug-likeness (QED) is 0.675. The Bertz CT molecular complexity index is 312. The molecule has 76 valence electrons. The van der Waals surface area contributed by atoms with E-state index in [0.717, 1.165) is 5.56 Å². The molecule has 0 saturated heterocycles. The van der Waals surface area contributed by atoms with Gasteiger partial charge in [-0.2, -0.15) is 4.91 Å². The van der Waals surface area contributed by atoms with Crippen molar-refractivity contribution >= 4 is 0 Å². The Hall–Kier alpha value is -1.58. The molecular weight excluding hydrogens is 182 g/mol. The van der Waals surface area contributed by atoms with Crippen LogP contribution in [0.15, 0.2) is 23.4 Å². The summed E-state index contributed by atoms with van der Waals surface area (Å²) in [6.07, 6.45) is 0.629. The molecule has 1 aromatic rings. The molecule has 0 aromatic heterocycles. The molecule has 0 amide bonds. The molecule has 0 fully saturated rings. The van der Waals surface area contributed by atoms with Crippen LogP contribution < -0.4 is 9.47 Å². The van der Waals surface area contributed by atoms with Crippen LogP contribution in [-0.2, 0) is 6.42 Å². The van der Waals surface area contributed by atoms with E-state index in [1.165, 1.54) is 0 Å². The van der Waals surface area contributed by atoms with Crippen molar-refractivity contribution in [1.82, 2.24) is 0 Å². The van der Waals surface area contributed by atoms with Gasteiger partial charge in [-0.1, -0.05) is 11.2 Å². The van der Waals surface area contributed by atoms with Crippen molar-refractivity contribution in [2.45, 2.75) is 6.42 Å². The van der Waals surface area contributed by atoms with Gasteiger partial charge in [0.2, 0.25) is 0 Å². The van der Waals surface area contributed by atoms with Gasteiger partial charge in [0, 0.05) is 0 Å². The maximum atomic E-state index is 9.95. The Morgan fingerprint density at radius 3 is 2.50 bits per heavy atom. The predicted octanol–water partition coefficient (Wildman–Crippen LogP) is 2.01. The van der Waals surface area contributed by atoms with Gasteiger partial charge in [0.05, 0.1) is 20.8 Å². The van der Waals surface area contributed by atoms with E-state index in [0.29, 0.717) is 17.9 Å². The van der Waals surface area contributed by atoms with Crippen molar-refractivity contribution in [2.75, 3.05) is 20.8 Å². The molecule has 4 nitrogen and oxygen atoms in total. The van der Waals surface area contributed by atoms with Gasteiger partial charge in [0.15, 0.2) is 11.5 Å². The molecule has 1 rings (SSSR count). The van der Waals surface area contributed by atoms with Gasteiger partial charge < -0.3 is 9.47 Å². The van der Waals surface area contributed by atoms with Crippen LogP contribution in [-0.4, -0.2) is 20.8 Å². The summed E-state index contributed by atoms with van der Waals surface area (Å²) >= 11 is 0. The summed E-state index contributed by atoms with van der Waals surface area (Å²) in [5, 5.41) is 2.81. The van der Waals surface area contributed by atoms with Crippen molar-refractivity contribution in [2.24, 2.45) is 5.18 Å². The highest BCUT2D eigenvalue weighted by molar-refractivity contribution is 5.42. The number of rotatable bonds is 5. The molecule has 0 spiro atoms. The molecule has 0 unspecified atom stereocenters. The molecule has 0 saturated carbocycles. The van der Waals surface area contributed by atoms with Crippen molar-refractivity contribution in [3.8, 4) is 11.5 Å². The van der Waals surface area contributed by atoms with Gasteiger partial charge in [0.25, 0.3) is 0 Å². The molecule has 0 aliphatic rings. The minimum atomic E-state index is 0.287. The number of hydrogen-bond acceptors (Lipinski definition) is 4. The summed E-state index contributed by atoms with van der Waals surface area (Å²) in [4.78, 5) is 9.95. The van der Waals surface area contributed by atoms with Crippen LogP contribution in [0.5, 0.6) is 11.5 Å². The Morgan fingerprint density at radius 1 is 1.21 bits per heavy atom. The largest absolute Gasteiger partial charge is 0.493 e. The summed E-state index contributed by atoms with van der Waals surface area (Å²) in [5.74, 6) is 1.37. The molecule has 0 radical (unpaired) electrons. The lowest BCUT2D eigenvalue weighted by Crippen LogP contribution is -1.94. The Morgan fingerprint density at radius 2 is 1.93 bits per heavy atom. The minimum absolute atomic E-state index is 0.287. The lowest BCUT2D eigenvalue weighted by Gasteiger charge is -2.08. The average Bonchev–Trinajstić information content (AvgIpc) is 2.25. The third kappa shape index (κ3) is 2.45. The zero-order valence-electron chi connectivity index (χ0n) is 8.32. The van der Waals surface area contributed by atoms with Gasteiger partial charge in [-0.05, 0) is 24.1 Å². The molecule has 0 bridgehead atoms. The van der Waals surface area contributed by atoms with Crippen molar-refractivity contribution in [1.29, 1.82) is 0 Å². The Balaban J connectivity index is 2.83. The lowest BCUT2D eigenvalue weighted by molar-refractivity contribution is 0.354. The Kier molecular flexibility index (Phi) is 3.91. The van der Waals surface area contributed by atoms with Crippen LogP contribution >= 0.6 is 0 Å². The maximum Gasteiger partial charge on any atom is 0.160 e. The number of methoxy groups -OCH3 is 2. The van der Waals surface area contributed by atoms with Gasteiger partial charge in [0.1, 0.15) is 0 Å². The third-order valence-corrected chi connectivity index (χ3v) is 1.94. The van der Waals surface area contributed by atoms with Crippen LogP contribution in [0, 0.1) is 4.91 Å². The topological polar surface area (TPSA) is 47.9 Å². The van der Waals surface area contributed by atoms with E-state index in [2.05, 4.69) is 5.18 Å². The minimum Gasteiger partial charge on any atom is -0.493 e. The van der Waals surface area contributed by atoms with Crippen molar-refractivity contribution < 1.29 is 9.47 Å². The fraction of sp³-hybridized carbons (Fsp3) is 0.400. The summed E-state index contributed by atoms with van der Waals surface area (Å²) in [6.45, 7) is 0.287. The number of nitrogens with zero attached hydrogens (tertiary/aromatic N) is 1. The van der Waals surface area contributed by atoms with Crippen LogP contribution in [0.2, 0.25) is 0 Å². The zero-order chi connectivity index (χ0) is 10.4. The van der Waals surface area contributed by atoms with Crippen LogP contribution in [0.1, 0.15) is 5.56 Å². The highest BCUT2D eigenvalue weighted by atomic mass is 16.5. The van der Waals surface area contributed by atoms with Crippen molar-refractivity contribution in [3.63, 3.8) is 0 Å². The third-order valence-electron chi connectivity index (χ3n) is 1.94. The van der Waals surface area contributed by atoms with Crippen LogP contribution in [0.4, 0.5) is 0 Å². The molecule has 0 N–H and O–H groups in total. The van der Waals surface area contributed by atoms with E-state index < -0.39 is 0 Å². The normalized spacial score (nSPS) is 9.57. The monoisotopic (exact) mass is 195 g/mol. The molecule has 0 atom stereocenters. The highest BCUT2D eigenvalue weighted by Gasteiger charge is 2.03. The zero-order valence-corrected chi connectivity index (χ0v) is 8.32. The molecule has 0 aliphatic carbocycles. The molecule has 14 heavy (non-hydrogen) atoms. The van der Waals surface area contributed by atoms with Gasteiger partial charge >= 0.3 is 0 Å². The number of ether oxygens (including phenoxy) is 2. The van der Waals surface area contributed by atoms with Crippen molar-refractivity contribution in [3.05, 3.63) is 28.7 Å². The van der Waals surface area contributed by atoms with E-state index in [-0.39, 0.29) is 6.54 Å². The second kappa shape index (κ2) is 5.21. The molecule has 0 aliphatic heterocycles. The van der Waals surface area contributed by atoms with E-state index in [4.69, 9.17) is 9.47 Å². The highest BCUT2D eigenvalue weighted by Crippen LogP contribution is 2.27. The number of nitroso groups, excluding NO2 is 1. The van der Waals surface area contributed by atoms with Gasteiger partial charge in [-0.15, -0.1) is 0 Å². The van der Waals surface area contributed by atoms with Gasteiger partial charge in [-0.3, -0.25) is 0 Å². The molecule has 1 aromatic carbocycles. The average molecular weight is 195 g/mol. The van der Waals surface area contributed by atoms with Crippen LogP contribution in [0.3, 0.4) is 0 Å². The Labute approximate surface area is 82.8 Å². The SMILES string of the molecule is COc1ccc(CCN=O)cc1OC. The number of hydrogen-bond donors (Lipinski definition) is 0. The smallest absolute Gasteiger partial charge is 0.160 e. The second-order valence-electron chi connectivity index (χ2n) is 2.79.